The van der Waals surface area contributed by atoms with Gasteiger partial charge in [-0.05, 0) is 5.56 Å². The minimum atomic E-state index is 0.825. The van der Waals surface area contributed by atoms with Crippen molar-refractivity contribution in [1.29, 1.82) is 0 Å². The third-order valence-electron chi connectivity index (χ3n) is 1.97. The van der Waals surface area contributed by atoms with E-state index in [0.717, 1.165) is 12.1 Å². The van der Waals surface area contributed by atoms with Crippen LogP contribution in [0.2, 0.25) is 0 Å². The van der Waals surface area contributed by atoms with Crippen LogP contribution in [0.15, 0.2) is 42.6 Å². The van der Waals surface area contributed by atoms with Gasteiger partial charge in [0.05, 0.1) is 7.11 Å². The first kappa shape index (κ1) is 9.81. The summed E-state index contributed by atoms with van der Waals surface area (Å²) in [5, 5.41) is 1.67. The number of hydrogen-bond donors (Lipinski definition) is 0. The molecule has 1 aromatic rings. The summed E-state index contributed by atoms with van der Waals surface area (Å²) in [6.45, 7) is 3.92. The molecule has 2 heteroatoms. The highest BCUT2D eigenvalue weighted by Gasteiger charge is 2.00. The average molecular weight is 177 g/mol. The number of hydroxylamine groups is 2. The highest BCUT2D eigenvalue weighted by Crippen LogP contribution is 2.08. The number of benzene rings is 1. The van der Waals surface area contributed by atoms with Crippen LogP contribution in [0.3, 0.4) is 0 Å². The van der Waals surface area contributed by atoms with Crippen LogP contribution in [-0.4, -0.2) is 19.2 Å². The van der Waals surface area contributed by atoms with Crippen molar-refractivity contribution in [3.8, 4) is 0 Å². The molecule has 0 radical (unpaired) electrons. The zero-order chi connectivity index (χ0) is 9.68. The van der Waals surface area contributed by atoms with Gasteiger partial charge < -0.3 is 0 Å². The molecule has 0 saturated heterocycles. The Kier molecular flexibility index (Phi) is 3.53. The molecule has 1 rings (SSSR count). The van der Waals surface area contributed by atoms with Crippen molar-refractivity contribution in [1.82, 2.24) is 5.06 Å². The van der Waals surface area contributed by atoms with Gasteiger partial charge in [0.25, 0.3) is 0 Å². The number of rotatable bonds is 4. The minimum Gasteiger partial charge on any atom is -0.277 e. The maximum absolute atomic E-state index is 5.02. The number of likely N-dealkylation sites (N-methyl/N-ethyl adjacent to an activating group) is 1. The summed E-state index contributed by atoms with van der Waals surface area (Å²) in [5.74, 6) is 0. The minimum absolute atomic E-state index is 0.825. The van der Waals surface area contributed by atoms with E-state index in [1.54, 1.807) is 12.2 Å². The van der Waals surface area contributed by atoms with Crippen LogP contribution in [0.5, 0.6) is 0 Å². The molecule has 0 aliphatic rings. The molecule has 0 aromatic heterocycles. The molecule has 0 N–H and O–H groups in total. The molecule has 0 unspecified atom stereocenters. The van der Waals surface area contributed by atoms with Gasteiger partial charge in [0.1, 0.15) is 0 Å². The lowest BCUT2D eigenvalue weighted by Crippen LogP contribution is -2.16. The summed E-state index contributed by atoms with van der Waals surface area (Å²) in [7, 11) is 3.49. The van der Waals surface area contributed by atoms with Gasteiger partial charge in [-0.2, -0.15) is 0 Å². The lowest BCUT2D eigenvalue weighted by atomic mass is 10.1. The first-order valence-electron chi connectivity index (χ1n) is 4.23. The second-order valence-electron chi connectivity index (χ2n) is 2.91. The molecular formula is C11H15NO. The van der Waals surface area contributed by atoms with E-state index >= 15 is 0 Å². The van der Waals surface area contributed by atoms with Crippen molar-refractivity contribution in [3.05, 3.63) is 48.2 Å². The maximum atomic E-state index is 5.02. The molecule has 0 bridgehead atoms. The highest BCUT2D eigenvalue weighted by molar-refractivity contribution is 5.19. The van der Waals surface area contributed by atoms with Crippen molar-refractivity contribution in [2.24, 2.45) is 0 Å². The SMILES string of the molecule is C=C(Cc1ccccc1)N(C)OC. The van der Waals surface area contributed by atoms with Crippen LogP contribution in [0.25, 0.3) is 0 Å². The first-order valence-corrected chi connectivity index (χ1v) is 4.23. The van der Waals surface area contributed by atoms with E-state index in [1.165, 1.54) is 5.56 Å². The molecule has 0 heterocycles. The van der Waals surface area contributed by atoms with E-state index in [0.29, 0.717) is 0 Å². The molecule has 0 atom stereocenters. The Bertz CT molecular complexity index is 269. The Hall–Kier alpha value is -1.28. The summed E-state index contributed by atoms with van der Waals surface area (Å²) in [5.41, 5.74) is 2.20. The number of allylic oxidation sites excluding steroid dienone is 1. The van der Waals surface area contributed by atoms with Gasteiger partial charge in [-0.25, -0.2) is 0 Å². The normalized spacial score (nSPS) is 9.69. The maximum Gasteiger partial charge on any atom is 0.0638 e. The van der Waals surface area contributed by atoms with Crippen LogP contribution in [0, 0.1) is 0 Å². The summed E-state index contributed by atoms with van der Waals surface area (Å²) in [6, 6.07) is 10.2. The van der Waals surface area contributed by atoms with Crippen LogP contribution in [0.4, 0.5) is 0 Å². The van der Waals surface area contributed by atoms with Gasteiger partial charge in [0.15, 0.2) is 0 Å². The molecule has 0 saturated carbocycles. The smallest absolute Gasteiger partial charge is 0.0638 e. The van der Waals surface area contributed by atoms with Crippen LogP contribution >= 0.6 is 0 Å². The molecule has 1 aromatic carbocycles. The van der Waals surface area contributed by atoms with E-state index in [-0.39, 0.29) is 0 Å². The van der Waals surface area contributed by atoms with Crippen molar-refractivity contribution in [3.63, 3.8) is 0 Å². The van der Waals surface area contributed by atoms with Gasteiger partial charge in [-0.3, -0.25) is 9.90 Å². The molecule has 0 aliphatic heterocycles. The lowest BCUT2D eigenvalue weighted by Gasteiger charge is -2.18. The standard InChI is InChI=1S/C11H15NO/c1-10(12(2)13-3)9-11-7-5-4-6-8-11/h4-8H,1,9H2,2-3H3. The van der Waals surface area contributed by atoms with Gasteiger partial charge in [0, 0.05) is 19.2 Å². The monoisotopic (exact) mass is 177 g/mol. The van der Waals surface area contributed by atoms with Crippen molar-refractivity contribution in [2.75, 3.05) is 14.2 Å². The van der Waals surface area contributed by atoms with E-state index in [4.69, 9.17) is 4.84 Å². The van der Waals surface area contributed by atoms with Crippen molar-refractivity contribution < 1.29 is 4.84 Å². The predicted octanol–water partition coefficient (Wildman–Crippen LogP) is 2.24. The summed E-state index contributed by atoms with van der Waals surface area (Å²) in [6.07, 6.45) is 0.825. The van der Waals surface area contributed by atoms with E-state index < -0.39 is 0 Å². The second kappa shape index (κ2) is 4.67. The van der Waals surface area contributed by atoms with Gasteiger partial charge in [-0.15, -0.1) is 0 Å². The summed E-state index contributed by atoms with van der Waals surface area (Å²) >= 11 is 0. The summed E-state index contributed by atoms with van der Waals surface area (Å²) in [4.78, 5) is 5.02. The van der Waals surface area contributed by atoms with Crippen LogP contribution in [-0.2, 0) is 11.3 Å². The molecule has 0 fully saturated rings. The van der Waals surface area contributed by atoms with Crippen LogP contribution in [0.1, 0.15) is 5.56 Å². The predicted molar refractivity (Wildman–Crippen MR) is 54.1 cm³/mol. The molecular weight excluding hydrogens is 162 g/mol. The van der Waals surface area contributed by atoms with Crippen molar-refractivity contribution in [2.45, 2.75) is 6.42 Å². The van der Waals surface area contributed by atoms with E-state index in [1.807, 2.05) is 25.2 Å². The quantitative estimate of drug-likeness (QED) is 0.654. The molecule has 13 heavy (non-hydrogen) atoms. The van der Waals surface area contributed by atoms with Crippen LogP contribution < -0.4 is 0 Å². The van der Waals surface area contributed by atoms with E-state index in [2.05, 4.69) is 18.7 Å². The number of hydrogen-bond acceptors (Lipinski definition) is 2. The highest BCUT2D eigenvalue weighted by atomic mass is 16.7. The Morgan fingerprint density at radius 1 is 1.38 bits per heavy atom. The molecule has 0 spiro atoms. The second-order valence-corrected chi connectivity index (χ2v) is 2.91. The van der Waals surface area contributed by atoms with Gasteiger partial charge in [-0.1, -0.05) is 36.9 Å². The fraction of sp³-hybridized carbons (Fsp3) is 0.273. The van der Waals surface area contributed by atoms with E-state index in [9.17, 15) is 0 Å². The van der Waals surface area contributed by atoms with Gasteiger partial charge >= 0.3 is 0 Å². The molecule has 70 valence electrons. The third-order valence-corrected chi connectivity index (χ3v) is 1.97. The molecule has 2 nitrogen and oxygen atoms in total. The van der Waals surface area contributed by atoms with Gasteiger partial charge in [0.2, 0.25) is 0 Å². The Morgan fingerprint density at radius 3 is 2.54 bits per heavy atom. The zero-order valence-corrected chi connectivity index (χ0v) is 8.16. The largest absolute Gasteiger partial charge is 0.277 e. The Morgan fingerprint density at radius 2 is 2.00 bits per heavy atom. The fourth-order valence-electron chi connectivity index (χ4n) is 1.07. The third kappa shape index (κ3) is 2.92. The summed E-state index contributed by atoms with van der Waals surface area (Å²) < 4.78 is 0. The fourth-order valence-corrected chi connectivity index (χ4v) is 1.07. The zero-order valence-electron chi connectivity index (χ0n) is 8.16. The lowest BCUT2D eigenvalue weighted by molar-refractivity contribution is -0.0785. The molecule has 0 amide bonds. The Labute approximate surface area is 79.4 Å². The van der Waals surface area contributed by atoms with Crippen molar-refractivity contribution >= 4 is 0 Å². The first-order chi connectivity index (χ1) is 6.24. The Balaban J connectivity index is 2.55. The number of nitrogens with zero attached hydrogens (tertiary/aromatic N) is 1. The average Bonchev–Trinajstić information content (AvgIpc) is 2.18. The topological polar surface area (TPSA) is 12.5 Å². The molecule has 0 aliphatic carbocycles.